The van der Waals surface area contributed by atoms with E-state index in [4.69, 9.17) is 5.11 Å². The van der Waals surface area contributed by atoms with Crippen LogP contribution in [0.3, 0.4) is 0 Å². The molecule has 84 valence electrons. The smallest absolute Gasteiger partial charge is 0.358 e. The van der Waals surface area contributed by atoms with Crippen molar-refractivity contribution in [1.82, 2.24) is 29.8 Å². The van der Waals surface area contributed by atoms with E-state index in [0.717, 1.165) is 5.82 Å². The predicted molar refractivity (Wildman–Crippen MR) is 51.8 cm³/mol. The Balaban J connectivity index is 2.21. The summed E-state index contributed by atoms with van der Waals surface area (Å²) in [5.41, 5.74) is -0.0844. The first-order chi connectivity index (χ1) is 7.58. The number of aromatic carboxylic acids is 1. The average molecular weight is 222 g/mol. The fourth-order valence-electron chi connectivity index (χ4n) is 1.21. The molecule has 0 bridgehead atoms. The number of carboxylic acids is 1. The van der Waals surface area contributed by atoms with Crippen molar-refractivity contribution in [3.8, 4) is 0 Å². The van der Waals surface area contributed by atoms with Gasteiger partial charge < -0.3 is 9.67 Å². The maximum absolute atomic E-state index is 10.6. The molecule has 0 aliphatic carbocycles. The molecule has 0 atom stereocenters. The molecule has 2 rings (SSSR count). The van der Waals surface area contributed by atoms with Gasteiger partial charge in [0.05, 0.1) is 6.20 Å². The lowest BCUT2D eigenvalue weighted by molar-refractivity contribution is 0.0690. The molecule has 2 aromatic heterocycles. The molecule has 0 aliphatic rings. The van der Waals surface area contributed by atoms with Gasteiger partial charge in [0.15, 0.2) is 11.5 Å². The molecular weight excluding hydrogens is 212 g/mol. The van der Waals surface area contributed by atoms with E-state index in [9.17, 15) is 4.79 Å². The van der Waals surface area contributed by atoms with E-state index < -0.39 is 5.97 Å². The lowest BCUT2D eigenvalue weighted by Gasteiger charge is -2.00. The van der Waals surface area contributed by atoms with Crippen LogP contribution in [0.15, 0.2) is 6.20 Å². The SMILES string of the molecule is Cc1nnc(Cn2cc(C(=O)O)nn2)n1C. The van der Waals surface area contributed by atoms with Gasteiger partial charge >= 0.3 is 5.97 Å². The summed E-state index contributed by atoms with van der Waals surface area (Å²) in [6.45, 7) is 2.18. The van der Waals surface area contributed by atoms with Gasteiger partial charge in [0.1, 0.15) is 12.4 Å². The van der Waals surface area contributed by atoms with Crippen molar-refractivity contribution in [2.24, 2.45) is 7.05 Å². The van der Waals surface area contributed by atoms with Crippen molar-refractivity contribution in [2.75, 3.05) is 0 Å². The summed E-state index contributed by atoms with van der Waals surface area (Å²) in [4.78, 5) is 10.6. The molecule has 2 aromatic rings. The largest absolute Gasteiger partial charge is 0.476 e. The molecule has 16 heavy (non-hydrogen) atoms. The molecule has 8 heteroatoms. The molecule has 1 N–H and O–H groups in total. The lowest BCUT2D eigenvalue weighted by Crippen LogP contribution is -2.07. The van der Waals surface area contributed by atoms with Crippen molar-refractivity contribution >= 4 is 5.97 Å². The van der Waals surface area contributed by atoms with E-state index >= 15 is 0 Å². The highest BCUT2D eigenvalue weighted by Gasteiger charge is 2.10. The summed E-state index contributed by atoms with van der Waals surface area (Å²) >= 11 is 0. The van der Waals surface area contributed by atoms with Crippen LogP contribution in [0.2, 0.25) is 0 Å². The second-order valence-electron chi connectivity index (χ2n) is 3.33. The summed E-state index contributed by atoms with van der Waals surface area (Å²) in [5.74, 6) is 0.383. The Bertz CT molecular complexity index is 528. The second kappa shape index (κ2) is 3.72. The monoisotopic (exact) mass is 222 g/mol. The number of nitrogens with zero attached hydrogens (tertiary/aromatic N) is 6. The van der Waals surface area contributed by atoms with Crippen LogP contribution in [-0.4, -0.2) is 40.8 Å². The van der Waals surface area contributed by atoms with Crippen molar-refractivity contribution < 1.29 is 9.90 Å². The zero-order valence-corrected chi connectivity index (χ0v) is 8.82. The predicted octanol–water partition coefficient (Wildman–Crippen LogP) is -0.538. The van der Waals surface area contributed by atoms with Crippen LogP contribution in [0, 0.1) is 6.92 Å². The molecule has 0 amide bonds. The highest BCUT2D eigenvalue weighted by atomic mass is 16.4. The number of aryl methyl sites for hydroxylation is 1. The van der Waals surface area contributed by atoms with Gasteiger partial charge in [-0.1, -0.05) is 5.21 Å². The van der Waals surface area contributed by atoms with Crippen LogP contribution in [0.25, 0.3) is 0 Å². The minimum Gasteiger partial charge on any atom is -0.476 e. The highest BCUT2D eigenvalue weighted by molar-refractivity contribution is 5.84. The zero-order valence-electron chi connectivity index (χ0n) is 8.82. The number of carbonyl (C=O) groups is 1. The van der Waals surface area contributed by atoms with Gasteiger partial charge in [-0.3, -0.25) is 0 Å². The van der Waals surface area contributed by atoms with Gasteiger partial charge in [-0.25, -0.2) is 9.48 Å². The topological polar surface area (TPSA) is 98.7 Å². The van der Waals surface area contributed by atoms with E-state index in [0.29, 0.717) is 12.4 Å². The first kappa shape index (κ1) is 10.3. The van der Waals surface area contributed by atoms with Gasteiger partial charge in [-0.15, -0.1) is 15.3 Å². The number of aromatic nitrogens is 6. The van der Waals surface area contributed by atoms with Crippen molar-refractivity contribution in [3.63, 3.8) is 0 Å². The van der Waals surface area contributed by atoms with Gasteiger partial charge in [0.25, 0.3) is 0 Å². The summed E-state index contributed by atoms with van der Waals surface area (Å²) in [7, 11) is 1.83. The third-order valence-electron chi connectivity index (χ3n) is 2.24. The van der Waals surface area contributed by atoms with Gasteiger partial charge in [0, 0.05) is 7.05 Å². The summed E-state index contributed by atoms with van der Waals surface area (Å²) < 4.78 is 3.22. The Labute approximate surface area is 90.5 Å². The summed E-state index contributed by atoms with van der Waals surface area (Å²) in [6, 6.07) is 0. The number of hydrogen-bond donors (Lipinski definition) is 1. The standard InChI is InChI=1S/C8H10N6O2/c1-5-9-11-7(13(5)2)4-14-3-6(8(15)16)10-12-14/h3H,4H2,1-2H3,(H,15,16). The number of hydrogen-bond acceptors (Lipinski definition) is 5. The molecule has 2 heterocycles. The van der Waals surface area contributed by atoms with Crippen LogP contribution in [0.4, 0.5) is 0 Å². The van der Waals surface area contributed by atoms with Gasteiger partial charge in [-0.2, -0.15) is 0 Å². The minimum atomic E-state index is -1.10. The fraction of sp³-hybridized carbons (Fsp3) is 0.375. The minimum absolute atomic E-state index is 0.0844. The number of rotatable bonds is 3. The maximum Gasteiger partial charge on any atom is 0.358 e. The Morgan fingerprint density at radius 1 is 1.44 bits per heavy atom. The zero-order chi connectivity index (χ0) is 11.7. The van der Waals surface area contributed by atoms with E-state index in [-0.39, 0.29) is 5.69 Å². The molecule has 0 radical (unpaired) electrons. The van der Waals surface area contributed by atoms with E-state index in [1.807, 2.05) is 18.5 Å². The van der Waals surface area contributed by atoms with Crippen molar-refractivity contribution in [1.29, 1.82) is 0 Å². The number of carboxylic acid groups (broad SMARTS) is 1. The van der Waals surface area contributed by atoms with Gasteiger partial charge in [0.2, 0.25) is 0 Å². The molecule has 0 aliphatic heterocycles. The van der Waals surface area contributed by atoms with E-state index in [1.54, 1.807) is 0 Å². The molecule has 0 unspecified atom stereocenters. The third kappa shape index (κ3) is 1.76. The molecule has 0 aromatic carbocycles. The maximum atomic E-state index is 10.6. The van der Waals surface area contributed by atoms with Crippen molar-refractivity contribution in [2.45, 2.75) is 13.5 Å². The Morgan fingerprint density at radius 3 is 2.69 bits per heavy atom. The van der Waals surface area contributed by atoms with Crippen molar-refractivity contribution in [3.05, 3.63) is 23.5 Å². The summed E-state index contributed by atoms with van der Waals surface area (Å²) in [6.07, 6.45) is 1.35. The van der Waals surface area contributed by atoms with Crippen LogP contribution < -0.4 is 0 Å². The molecule has 8 nitrogen and oxygen atoms in total. The highest BCUT2D eigenvalue weighted by Crippen LogP contribution is 2.01. The molecule has 0 saturated carbocycles. The fourth-order valence-corrected chi connectivity index (χ4v) is 1.21. The van der Waals surface area contributed by atoms with Crippen LogP contribution >= 0.6 is 0 Å². The van der Waals surface area contributed by atoms with E-state index in [1.165, 1.54) is 10.9 Å². The quantitative estimate of drug-likeness (QED) is 0.748. The molecule has 0 spiro atoms. The van der Waals surface area contributed by atoms with Crippen LogP contribution in [-0.2, 0) is 13.6 Å². The van der Waals surface area contributed by atoms with Crippen LogP contribution in [0.1, 0.15) is 22.1 Å². The molecule has 0 fully saturated rings. The second-order valence-corrected chi connectivity index (χ2v) is 3.33. The third-order valence-corrected chi connectivity index (χ3v) is 2.24. The normalized spacial score (nSPS) is 10.6. The molecule has 0 saturated heterocycles. The average Bonchev–Trinajstić information content (AvgIpc) is 2.81. The Kier molecular flexibility index (Phi) is 2.39. The lowest BCUT2D eigenvalue weighted by atomic mass is 10.5. The Hall–Kier alpha value is -2.25. The van der Waals surface area contributed by atoms with E-state index in [2.05, 4.69) is 20.5 Å². The summed E-state index contributed by atoms with van der Waals surface area (Å²) in [5, 5.41) is 23.7. The first-order valence-electron chi connectivity index (χ1n) is 4.56. The Morgan fingerprint density at radius 2 is 2.19 bits per heavy atom. The van der Waals surface area contributed by atoms with Crippen LogP contribution in [0.5, 0.6) is 0 Å². The van der Waals surface area contributed by atoms with Gasteiger partial charge in [-0.05, 0) is 6.92 Å². The first-order valence-corrected chi connectivity index (χ1v) is 4.56. The molecular formula is C8H10N6O2.